The first-order chi connectivity index (χ1) is 10.7. The van der Waals surface area contributed by atoms with E-state index in [2.05, 4.69) is 25.3 Å². The van der Waals surface area contributed by atoms with E-state index in [9.17, 15) is 4.79 Å². The lowest BCUT2D eigenvalue weighted by Crippen LogP contribution is -2.44. The molecule has 0 saturated carbocycles. The van der Waals surface area contributed by atoms with E-state index in [4.69, 9.17) is 4.52 Å². The lowest BCUT2D eigenvalue weighted by atomic mass is 10.0. The largest absolute Gasteiger partial charge is 0.360 e. The minimum absolute atomic E-state index is 0.133. The average Bonchev–Trinajstić information content (AvgIpc) is 2.95. The zero-order valence-electron chi connectivity index (χ0n) is 12.5. The normalized spacial score (nSPS) is 16.6. The van der Waals surface area contributed by atoms with E-state index in [1.807, 2.05) is 13.0 Å². The molecule has 1 saturated heterocycles. The molecule has 1 aliphatic rings. The Hall–Kier alpha value is -2.28. The zero-order chi connectivity index (χ0) is 15.4. The fourth-order valence-corrected chi connectivity index (χ4v) is 2.63. The lowest BCUT2D eigenvalue weighted by molar-refractivity contribution is 0.0900. The summed E-state index contributed by atoms with van der Waals surface area (Å²) in [6.45, 7) is 4.54. The minimum atomic E-state index is -0.133. The summed E-state index contributed by atoms with van der Waals surface area (Å²) >= 11 is 0. The van der Waals surface area contributed by atoms with Crippen LogP contribution < -0.4 is 5.32 Å². The molecule has 0 unspecified atom stereocenters. The quantitative estimate of drug-likeness (QED) is 0.912. The van der Waals surface area contributed by atoms with Gasteiger partial charge in [-0.05, 0) is 25.8 Å². The van der Waals surface area contributed by atoms with Crippen molar-refractivity contribution in [1.82, 2.24) is 25.3 Å². The van der Waals surface area contributed by atoms with Crippen LogP contribution in [0, 0.1) is 6.92 Å². The molecule has 0 aromatic carbocycles. The Labute approximate surface area is 128 Å². The first-order valence-corrected chi connectivity index (χ1v) is 7.42. The van der Waals surface area contributed by atoms with Gasteiger partial charge >= 0.3 is 0 Å². The van der Waals surface area contributed by atoms with Gasteiger partial charge in [-0.3, -0.25) is 9.69 Å². The fourth-order valence-electron chi connectivity index (χ4n) is 2.63. The van der Waals surface area contributed by atoms with Crippen molar-refractivity contribution in [2.24, 2.45) is 0 Å². The molecule has 7 nitrogen and oxygen atoms in total. The van der Waals surface area contributed by atoms with Gasteiger partial charge in [-0.2, -0.15) is 0 Å². The van der Waals surface area contributed by atoms with E-state index < -0.39 is 0 Å². The third-order valence-electron chi connectivity index (χ3n) is 3.79. The van der Waals surface area contributed by atoms with Crippen molar-refractivity contribution in [1.29, 1.82) is 0 Å². The molecule has 0 radical (unpaired) electrons. The Morgan fingerprint density at radius 3 is 2.91 bits per heavy atom. The lowest BCUT2D eigenvalue weighted by Gasteiger charge is -2.31. The number of carbonyl (C=O) groups excluding carboxylic acids is 1. The van der Waals surface area contributed by atoms with Crippen LogP contribution in [0.2, 0.25) is 0 Å². The highest BCUT2D eigenvalue weighted by atomic mass is 16.5. The van der Waals surface area contributed by atoms with E-state index >= 15 is 0 Å². The number of carbonyl (C=O) groups is 1. The molecular weight excluding hydrogens is 282 g/mol. The van der Waals surface area contributed by atoms with Crippen molar-refractivity contribution in [3.8, 4) is 0 Å². The number of aromatic nitrogens is 3. The number of likely N-dealkylation sites (tertiary alicyclic amines) is 1. The Bertz CT molecular complexity index is 620. The Morgan fingerprint density at radius 1 is 1.45 bits per heavy atom. The van der Waals surface area contributed by atoms with Gasteiger partial charge in [-0.1, -0.05) is 5.16 Å². The van der Waals surface area contributed by atoms with E-state index in [1.165, 1.54) is 6.33 Å². The van der Waals surface area contributed by atoms with Gasteiger partial charge in [0.15, 0.2) is 5.76 Å². The predicted molar refractivity (Wildman–Crippen MR) is 79.0 cm³/mol. The van der Waals surface area contributed by atoms with Crippen molar-refractivity contribution in [2.75, 3.05) is 13.1 Å². The van der Waals surface area contributed by atoms with Gasteiger partial charge < -0.3 is 9.84 Å². The Balaban J connectivity index is 1.46. The summed E-state index contributed by atoms with van der Waals surface area (Å²) in [5.41, 5.74) is 1.32. The summed E-state index contributed by atoms with van der Waals surface area (Å²) in [7, 11) is 0. The second-order valence-electron chi connectivity index (χ2n) is 5.55. The van der Waals surface area contributed by atoms with Gasteiger partial charge in [0.1, 0.15) is 12.0 Å². The van der Waals surface area contributed by atoms with Crippen LogP contribution in [0.25, 0.3) is 0 Å². The molecular formula is C15H19N5O2. The second-order valence-corrected chi connectivity index (χ2v) is 5.55. The molecule has 0 aliphatic carbocycles. The van der Waals surface area contributed by atoms with Gasteiger partial charge in [0.2, 0.25) is 0 Å². The van der Waals surface area contributed by atoms with Crippen LogP contribution >= 0.6 is 0 Å². The fraction of sp³-hybridized carbons (Fsp3) is 0.467. The first kappa shape index (κ1) is 14.6. The number of rotatable bonds is 4. The summed E-state index contributed by atoms with van der Waals surface area (Å²) in [5, 5.41) is 6.93. The number of nitrogens with zero attached hydrogens (tertiary/aromatic N) is 4. The molecule has 3 heterocycles. The molecule has 3 rings (SSSR count). The molecule has 7 heteroatoms. The van der Waals surface area contributed by atoms with E-state index in [0.29, 0.717) is 5.69 Å². The van der Waals surface area contributed by atoms with Gasteiger partial charge in [0.25, 0.3) is 5.91 Å². The van der Waals surface area contributed by atoms with E-state index in [1.54, 1.807) is 12.3 Å². The highest BCUT2D eigenvalue weighted by molar-refractivity contribution is 5.92. The zero-order valence-corrected chi connectivity index (χ0v) is 12.5. The van der Waals surface area contributed by atoms with Gasteiger partial charge in [-0.25, -0.2) is 9.97 Å². The van der Waals surface area contributed by atoms with Crippen LogP contribution in [-0.2, 0) is 6.54 Å². The van der Waals surface area contributed by atoms with Crippen molar-refractivity contribution >= 4 is 5.91 Å². The third-order valence-corrected chi connectivity index (χ3v) is 3.79. The van der Waals surface area contributed by atoms with Crippen LogP contribution in [0.1, 0.15) is 34.8 Å². The SMILES string of the molecule is Cc1cc(CN2CCC(NC(=O)c3ccncn3)CC2)on1. The monoisotopic (exact) mass is 301 g/mol. The molecule has 1 aliphatic heterocycles. The van der Waals surface area contributed by atoms with Crippen molar-refractivity contribution in [2.45, 2.75) is 32.4 Å². The van der Waals surface area contributed by atoms with Gasteiger partial charge in [-0.15, -0.1) is 0 Å². The smallest absolute Gasteiger partial charge is 0.270 e. The number of hydrogen-bond donors (Lipinski definition) is 1. The van der Waals surface area contributed by atoms with Crippen molar-refractivity contribution < 1.29 is 9.32 Å². The maximum atomic E-state index is 12.0. The third kappa shape index (κ3) is 3.67. The molecule has 116 valence electrons. The van der Waals surface area contributed by atoms with Crippen LogP contribution in [0.3, 0.4) is 0 Å². The first-order valence-electron chi connectivity index (χ1n) is 7.42. The highest BCUT2D eigenvalue weighted by Gasteiger charge is 2.22. The Morgan fingerprint density at radius 2 is 2.27 bits per heavy atom. The molecule has 1 fully saturated rings. The molecule has 0 spiro atoms. The molecule has 2 aromatic rings. The topological polar surface area (TPSA) is 84.2 Å². The highest BCUT2D eigenvalue weighted by Crippen LogP contribution is 2.14. The molecule has 0 atom stereocenters. The second kappa shape index (κ2) is 6.65. The summed E-state index contributed by atoms with van der Waals surface area (Å²) in [4.78, 5) is 22.1. The van der Waals surface area contributed by atoms with Crippen LogP contribution in [-0.4, -0.2) is 45.1 Å². The maximum Gasteiger partial charge on any atom is 0.270 e. The number of hydrogen-bond acceptors (Lipinski definition) is 6. The summed E-state index contributed by atoms with van der Waals surface area (Å²) in [6, 6.07) is 3.77. The molecule has 1 N–H and O–H groups in total. The van der Waals surface area contributed by atoms with Gasteiger partial charge in [0, 0.05) is 31.4 Å². The van der Waals surface area contributed by atoms with Crippen LogP contribution in [0.15, 0.2) is 29.2 Å². The standard InChI is InChI=1S/C15H19N5O2/c1-11-8-13(22-19-11)9-20-6-3-12(4-7-20)18-15(21)14-2-5-16-10-17-14/h2,5,8,10,12H,3-4,6-7,9H2,1H3,(H,18,21). The van der Waals surface area contributed by atoms with Crippen molar-refractivity contribution in [3.63, 3.8) is 0 Å². The maximum absolute atomic E-state index is 12.0. The van der Waals surface area contributed by atoms with Crippen LogP contribution in [0.4, 0.5) is 0 Å². The molecule has 1 amide bonds. The van der Waals surface area contributed by atoms with Crippen molar-refractivity contribution in [3.05, 3.63) is 41.8 Å². The van der Waals surface area contributed by atoms with E-state index in [0.717, 1.165) is 43.9 Å². The molecule has 0 bridgehead atoms. The summed E-state index contributed by atoms with van der Waals surface area (Å²) in [5.74, 6) is 0.757. The Kier molecular flexibility index (Phi) is 4.43. The predicted octanol–water partition coefficient (Wildman–Crippen LogP) is 1.17. The van der Waals surface area contributed by atoms with E-state index in [-0.39, 0.29) is 11.9 Å². The number of piperidine rings is 1. The summed E-state index contributed by atoms with van der Waals surface area (Å²) in [6.07, 6.45) is 4.80. The number of amides is 1. The minimum Gasteiger partial charge on any atom is -0.360 e. The van der Waals surface area contributed by atoms with Crippen LogP contribution in [0.5, 0.6) is 0 Å². The molecule has 22 heavy (non-hydrogen) atoms. The molecule has 2 aromatic heterocycles. The number of nitrogens with one attached hydrogen (secondary N) is 1. The summed E-state index contributed by atoms with van der Waals surface area (Å²) < 4.78 is 5.24. The number of aryl methyl sites for hydroxylation is 1. The average molecular weight is 301 g/mol. The van der Waals surface area contributed by atoms with Gasteiger partial charge in [0.05, 0.1) is 12.2 Å².